The third kappa shape index (κ3) is 3.93. The van der Waals surface area contributed by atoms with Crippen molar-refractivity contribution < 1.29 is 0 Å². The first-order valence-electron chi connectivity index (χ1n) is 9.24. The molecular formula is C20H25N7. The van der Waals surface area contributed by atoms with Crippen molar-refractivity contribution in [2.45, 2.75) is 19.4 Å². The van der Waals surface area contributed by atoms with Gasteiger partial charge in [0.2, 0.25) is 0 Å². The number of anilines is 2. The molecule has 1 saturated heterocycles. The molecule has 1 atom stereocenters. The summed E-state index contributed by atoms with van der Waals surface area (Å²) < 4.78 is 1.77. The van der Waals surface area contributed by atoms with Gasteiger partial charge in [-0.2, -0.15) is 5.10 Å². The molecule has 1 aliphatic heterocycles. The van der Waals surface area contributed by atoms with Crippen LogP contribution in [0.1, 0.15) is 11.3 Å². The predicted octanol–water partition coefficient (Wildman–Crippen LogP) is 1.79. The van der Waals surface area contributed by atoms with Crippen molar-refractivity contribution in [3.05, 3.63) is 54.1 Å². The van der Waals surface area contributed by atoms with E-state index < -0.39 is 0 Å². The van der Waals surface area contributed by atoms with Gasteiger partial charge in [0.1, 0.15) is 5.82 Å². The summed E-state index contributed by atoms with van der Waals surface area (Å²) in [6.07, 6.45) is 6.55. The van der Waals surface area contributed by atoms with Crippen LogP contribution in [-0.2, 0) is 13.5 Å². The third-order valence-electron chi connectivity index (χ3n) is 4.93. The molecule has 0 bridgehead atoms. The molecule has 0 amide bonds. The molecule has 4 heterocycles. The number of nitrogens with two attached hydrogens (primary N) is 1. The van der Waals surface area contributed by atoms with Gasteiger partial charge >= 0.3 is 0 Å². The maximum atomic E-state index is 6.14. The first-order valence-corrected chi connectivity index (χ1v) is 9.24. The van der Waals surface area contributed by atoms with Crippen LogP contribution in [-0.4, -0.2) is 45.4 Å². The summed E-state index contributed by atoms with van der Waals surface area (Å²) in [5.74, 6) is 0.525. The van der Waals surface area contributed by atoms with Crippen molar-refractivity contribution in [1.82, 2.24) is 25.1 Å². The van der Waals surface area contributed by atoms with E-state index in [2.05, 4.69) is 44.3 Å². The Morgan fingerprint density at radius 2 is 2.19 bits per heavy atom. The van der Waals surface area contributed by atoms with E-state index in [1.807, 2.05) is 37.8 Å². The van der Waals surface area contributed by atoms with E-state index in [1.165, 1.54) is 5.56 Å². The topological polar surface area (TPSA) is 84.9 Å². The molecule has 1 fully saturated rings. The fourth-order valence-electron chi connectivity index (χ4n) is 3.64. The summed E-state index contributed by atoms with van der Waals surface area (Å²) in [6, 6.07) is 8.58. The highest BCUT2D eigenvalue weighted by atomic mass is 15.2. The Hall–Kier alpha value is -2.93. The molecule has 3 N–H and O–H groups in total. The van der Waals surface area contributed by atoms with Crippen LogP contribution in [0.25, 0.3) is 11.3 Å². The van der Waals surface area contributed by atoms with Crippen LogP contribution in [0.3, 0.4) is 0 Å². The molecule has 3 aromatic heterocycles. The van der Waals surface area contributed by atoms with Gasteiger partial charge in [-0.25, -0.2) is 4.98 Å². The Morgan fingerprint density at radius 3 is 2.96 bits per heavy atom. The van der Waals surface area contributed by atoms with Gasteiger partial charge in [-0.1, -0.05) is 0 Å². The highest BCUT2D eigenvalue weighted by molar-refractivity contribution is 5.67. The van der Waals surface area contributed by atoms with Gasteiger partial charge < -0.3 is 16.0 Å². The standard InChI is InChI=1S/C20H25N7/c1-14-3-4-23-16(7-14)8-18-12-22-5-6-27(18)17-9-19(25-20(21)10-17)15-11-24-26(2)13-15/h3-4,7,9-11,13,18,22H,5-6,8,12H2,1-2H3,(H2,21,25). The van der Waals surface area contributed by atoms with Crippen LogP contribution in [0.2, 0.25) is 0 Å². The molecule has 0 spiro atoms. The van der Waals surface area contributed by atoms with Crippen LogP contribution >= 0.6 is 0 Å². The number of pyridine rings is 2. The molecule has 3 aromatic rings. The average molecular weight is 363 g/mol. The number of rotatable bonds is 4. The Balaban J connectivity index is 1.64. The number of nitrogens with one attached hydrogen (secondary N) is 1. The van der Waals surface area contributed by atoms with Gasteiger partial charge in [0, 0.05) is 74.5 Å². The maximum absolute atomic E-state index is 6.14. The van der Waals surface area contributed by atoms with Crippen LogP contribution in [0.15, 0.2) is 42.9 Å². The summed E-state index contributed by atoms with van der Waals surface area (Å²) in [6.45, 7) is 4.89. The van der Waals surface area contributed by atoms with E-state index in [-0.39, 0.29) is 0 Å². The van der Waals surface area contributed by atoms with Gasteiger partial charge in [0.15, 0.2) is 0 Å². The van der Waals surface area contributed by atoms with Crippen molar-refractivity contribution in [2.75, 3.05) is 30.3 Å². The summed E-state index contributed by atoms with van der Waals surface area (Å²) >= 11 is 0. The molecular weight excluding hydrogens is 338 g/mol. The van der Waals surface area contributed by atoms with E-state index in [9.17, 15) is 0 Å². The second kappa shape index (κ2) is 7.36. The smallest absolute Gasteiger partial charge is 0.126 e. The van der Waals surface area contributed by atoms with Crippen LogP contribution in [0, 0.1) is 6.92 Å². The second-order valence-corrected chi connectivity index (χ2v) is 7.12. The number of aromatic nitrogens is 4. The number of nitrogen functional groups attached to an aromatic ring is 1. The van der Waals surface area contributed by atoms with Crippen molar-refractivity contribution in [3.63, 3.8) is 0 Å². The first kappa shape index (κ1) is 17.5. The molecule has 7 nitrogen and oxygen atoms in total. The van der Waals surface area contributed by atoms with E-state index in [0.717, 1.165) is 48.7 Å². The van der Waals surface area contributed by atoms with Gasteiger partial charge in [-0.05, 0) is 30.7 Å². The van der Waals surface area contributed by atoms with Crippen molar-refractivity contribution in [1.29, 1.82) is 0 Å². The SMILES string of the molecule is Cc1ccnc(CC2CNCCN2c2cc(N)nc(-c3cnn(C)c3)c2)c1. The molecule has 0 aromatic carbocycles. The molecule has 0 saturated carbocycles. The maximum Gasteiger partial charge on any atom is 0.126 e. The van der Waals surface area contributed by atoms with Crippen molar-refractivity contribution in [3.8, 4) is 11.3 Å². The highest BCUT2D eigenvalue weighted by Crippen LogP contribution is 2.27. The second-order valence-electron chi connectivity index (χ2n) is 7.12. The minimum atomic E-state index is 0.316. The summed E-state index contributed by atoms with van der Waals surface area (Å²) in [5.41, 5.74) is 11.4. The Labute approximate surface area is 159 Å². The predicted molar refractivity (Wildman–Crippen MR) is 108 cm³/mol. The van der Waals surface area contributed by atoms with Crippen LogP contribution < -0.4 is 16.0 Å². The lowest BCUT2D eigenvalue weighted by atomic mass is 10.0. The highest BCUT2D eigenvalue weighted by Gasteiger charge is 2.24. The van der Waals surface area contributed by atoms with Crippen LogP contribution in [0.4, 0.5) is 11.5 Å². The lowest BCUT2D eigenvalue weighted by Crippen LogP contribution is -2.52. The normalized spacial score (nSPS) is 17.3. The molecule has 0 radical (unpaired) electrons. The number of hydrogen-bond acceptors (Lipinski definition) is 6. The van der Waals surface area contributed by atoms with E-state index in [0.29, 0.717) is 11.9 Å². The van der Waals surface area contributed by atoms with Gasteiger partial charge in [-0.3, -0.25) is 9.67 Å². The quantitative estimate of drug-likeness (QED) is 0.735. The van der Waals surface area contributed by atoms with Crippen molar-refractivity contribution in [2.24, 2.45) is 7.05 Å². The molecule has 1 aliphatic rings. The average Bonchev–Trinajstić information content (AvgIpc) is 3.08. The zero-order chi connectivity index (χ0) is 18.8. The van der Waals surface area contributed by atoms with Gasteiger partial charge in [0.25, 0.3) is 0 Å². The lowest BCUT2D eigenvalue weighted by molar-refractivity contribution is 0.470. The lowest BCUT2D eigenvalue weighted by Gasteiger charge is -2.38. The zero-order valence-corrected chi connectivity index (χ0v) is 15.8. The molecule has 140 valence electrons. The number of aryl methyl sites for hydroxylation is 2. The molecule has 0 aliphatic carbocycles. The summed E-state index contributed by atoms with van der Waals surface area (Å²) in [5, 5.41) is 7.75. The number of hydrogen-bond donors (Lipinski definition) is 2. The van der Waals surface area contributed by atoms with E-state index in [1.54, 1.807) is 4.68 Å². The fraction of sp³-hybridized carbons (Fsp3) is 0.350. The largest absolute Gasteiger partial charge is 0.384 e. The molecule has 1 unspecified atom stereocenters. The van der Waals surface area contributed by atoms with Gasteiger partial charge in [-0.15, -0.1) is 0 Å². The minimum absolute atomic E-state index is 0.316. The minimum Gasteiger partial charge on any atom is -0.384 e. The van der Waals surface area contributed by atoms with Crippen molar-refractivity contribution >= 4 is 11.5 Å². The summed E-state index contributed by atoms with van der Waals surface area (Å²) in [4.78, 5) is 11.5. The van der Waals surface area contributed by atoms with E-state index >= 15 is 0 Å². The number of nitrogens with zero attached hydrogens (tertiary/aromatic N) is 5. The monoisotopic (exact) mass is 363 g/mol. The fourth-order valence-corrected chi connectivity index (χ4v) is 3.64. The van der Waals surface area contributed by atoms with E-state index in [4.69, 9.17) is 5.73 Å². The third-order valence-corrected chi connectivity index (χ3v) is 4.93. The van der Waals surface area contributed by atoms with Crippen LogP contribution in [0.5, 0.6) is 0 Å². The number of piperazine rings is 1. The Morgan fingerprint density at radius 1 is 1.30 bits per heavy atom. The Bertz CT molecular complexity index is 934. The van der Waals surface area contributed by atoms with Gasteiger partial charge in [0.05, 0.1) is 11.9 Å². The molecule has 7 heteroatoms. The zero-order valence-electron chi connectivity index (χ0n) is 15.8. The first-order chi connectivity index (χ1) is 13.1. The Kier molecular flexibility index (Phi) is 4.77. The molecule has 4 rings (SSSR count). The molecule has 27 heavy (non-hydrogen) atoms. The summed E-state index contributed by atoms with van der Waals surface area (Å²) in [7, 11) is 1.90.